The number of thiophene rings is 1. The van der Waals surface area contributed by atoms with Crippen LogP contribution in [0.3, 0.4) is 0 Å². The molecule has 0 fully saturated rings. The maximum Gasteiger partial charge on any atom is 0.246 e. The zero-order valence-corrected chi connectivity index (χ0v) is 16.4. The fraction of sp³-hybridized carbons (Fsp3) is 0.190. The number of hydrogen-bond acceptors (Lipinski definition) is 4. The highest BCUT2D eigenvalue weighted by atomic mass is 35.5. The van der Waals surface area contributed by atoms with E-state index in [1.54, 1.807) is 6.33 Å². The molecule has 136 valence electrons. The van der Waals surface area contributed by atoms with Gasteiger partial charge in [-0.2, -0.15) is 0 Å². The summed E-state index contributed by atoms with van der Waals surface area (Å²) in [5, 5.41) is 0. The summed E-state index contributed by atoms with van der Waals surface area (Å²) in [4.78, 5) is 23.8. The summed E-state index contributed by atoms with van der Waals surface area (Å²) in [5.41, 5.74) is 5.36. The molecule has 0 saturated heterocycles. The molecule has 1 aliphatic heterocycles. The van der Waals surface area contributed by atoms with Crippen LogP contribution in [0.25, 0.3) is 11.1 Å². The number of fused-ring (bicyclic) bond motifs is 1. The number of rotatable bonds is 3. The molecule has 1 aliphatic rings. The maximum absolute atomic E-state index is 12.3. The lowest BCUT2D eigenvalue weighted by Crippen LogP contribution is -2.37. The van der Waals surface area contributed by atoms with Crippen LogP contribution in [-0.2, 0) is 11.3 Å². The van der Waals surface area contributed by atoms with E-state index >= 15 is 0 Å². The third-order valence-corrected chi connectivity index (χ3v) is 6.21. The Hall–Kier alpha value is -2.50. The molecule has 0 aliphatic carbocycles. The quantitative estimate of drug-likeness (QED) is 0.597. The molecule has 1 amide bonds. The Labute approximate surface area is 167 Å². The van der Waals surface area contributed by atoms with Crippen molar-refractivity contribution in [3.63, 3.8) is 0 Å². The molecule has 3 aromatic rings. The van der Waals surface area contributed by atoms with Crippen molar-refractivity contribution in [2.75, 3.05) is 6.54 Å². The van der Waals surface area contributed by atoms with Crippen LogP contribution >= 0.6 is 22.9 Å². The lowest BCUT2D eigenvalue weighted by atomic mass is 9.84. The van der Waals surface area contributed by atoms with Gasteiger partial charge in [0.25, 0.3) is 0 Å². The number of aromatic nitrogens is 2. The topological polar surface area (TPSA) is 46.1 Å². The number of aryl methyl sites for hydroxylation is 1. The predicted octanol–water partition coefficient (Wildman–Crippen LogP) is 4.83. The third kappa shape index (κ3) is 3.29. The lowest BCUT2D eigenvalue weighted by Gasteiger charge is -2.33. The highest BCUT2D eigenvalue weighted by Gasteiger charge is 2.31. The highest BCUT2D eigenvalue weighted by molar-refractivity contribution is 7.16. The van der Waals surface area contributed by atoms with Gasteiger partial charge in [-0.1, -0.05) is 42.4 Å². The average molecular weight is 396 g/mol. The van der Waals surface area contributed by atoms with E-state index in [4.69, 9.17) is 11.6 Å². The summed E-state index contributed by atoms with van der Waals surface area (Å²) < 4.78 is 0.745. The van der Waals surface area contributed by atoms with Crippen LogP contribution in [0.15, 0.2) is 55.5 Å². The minimum atomic E-state index is -0.0631. The van der Waals surface area contributed by atoms with Gasteiger partial charge in [-0.25, -0.2) is 9.97 Å². The van der Waals surface area contributed by atoms with Gasteiger partial charge >= 0.3 is 0 Å². The summed E-state index contributed by atoms with van der Waals surface area (Å²) in [7, 11) is 0. The number of halogens is 1. The van der Waals surface area contributed by atoms with Crippen LogP contribution in [-0.4, -0.2) is 27.3 Å². The second-order valence-corrected chi connectivity index (χ2v) is 8.28. The van der Waals surface area contributed by atoms with Crippen LogP contribution in [0.2, 0.25) is 4.34 Å². The Morgan fingerprint density at radius 3 is 2.93 bits per heavy atom. The fourth-order valence-electron chi connectivity index (χ4n) is 3.65. The van der Waals surface area contributed by atoms with E-state index in [1.807, 2.05) is 36.2 Å². The van der Waals surface area contributed by atoms with E-state index in [0.717, 1.165) is 31.6 Å². The Balaban J connectivity index is 1.87. The zero-order valence-electron chi connectivity index (χ0n) is 14.9. The number of hydrogen-bond donors (Lipinski definition) is 0. The van der Waals surface area contributed by atoms with Crippen molar-refractivity contribution in [3.05, 3.63) is 81.5 Å². The van der Waals surface area contributed by atoms with E-state index in [9.17, 15) is 4.79 Å². The van der Waals surface area contributed by atoms with E-state index in [2.05, 4.69) is 28.7 Å². The number of carbonyl (C=O) groups excluding carboxylic acids is 1. The number of benzene rings is 1. The molecule has 0 bridgehead atoms. The normalized spacial score (nSPS) is 16.1. The van der Waals surface area contributed by atoms with Gasteiger partial charge < -0.3 is 4.90 Å². The van der Waals surface area contributed by atoms with Crippen LogP contribution in [0.1, 0.15) is 27.6 Å². The van der Waals surface area contributed by atoms with Crippen molar-refractivity contribution in [1.82, 2.24) is 14.9 Å². The monoisotopic (exact) mass is 395 g/mol. The molecule has 4 rings (SSSR count). The Bertz CT molecular complexity index is 1030. The van der Waals surface area contributed by atoms with Crippen LogP contribution in [0, 0.1) is 6.92 Å². The smallest absolute Gasteiger partial charge is 0.246 e. The first kappa shape index (κ1) is 17.9. The van der Waals surface area contributed by atoms with Gasteiger partial charge in [0.15, 0.2) is 0 Å². The first-order valence-corrected chi connectivity index (χ1v) is 9.83. The second-order valence-electron chi connectivity index (χ2n) is 6.51. The molecule has 1 atom stereocenters. The van der Waals surface area contributed by atoms with Crippen LogP contribution in [0.5, 0.6) is 0 Å². The Morgan fingerprint density at radius 2 is 2.15 bits per heavy atom. The summed E-state index contributed by atoms with van der Waals surface area (Å²) in [6.45, 7) is 6.79. The fourth-order valence-corrected chi connectivity index (χ4v) is 5.01. The van der Waals surface area contributed by atoms with Crippen molar-refractivity contribution >= 4 is 28.8 Å². The van der Waals surface area contributed by atoms with E-state index in [0.29, 0.717) is 13.1 Å². The third-order valence-electron chi connectivity index (χ3n) is 4.95. The molecule has 2 aromatic heterocycles. The lowest BCUT2D eigenvalue weighted by molar-refractivity contribution is -0.127. The van der Waals surface area contributed by atoms with Crippen molar-refractivity contribution in [2.24, 2.45) is 0 Å². The van der Waals surface area contributed by atoms with Crippen molar-refractivity contribution in [1.29, 1.82) is 0 Å². The standard InChI is InChI=1S/C21H18ClN3OS/c1-3-21(26)25-10-18(16-8-20(22)27-19(16)11-25)15-7-5-4-6-14(15)17-9-23-12-24-13(17)2/h3-9,12,18H,1,10-11H2,2H3/t18-/m0/s1. The van der Waals surface area contributed by atoms with Crippen molar-refractivity contribution in [2.45, 2.75) is 19.4 Å². The summed E-state index contributed by atoms with van der Waals surface area (Å²) in [5.74, 6) is -0.0240. The highest BCUT2D eigenvalue weighted by Crippen LogP contribution is 2.43. The first-order valence-electron chi connectivity index (χ1n) is 8.64. The van der Waals surface area contributed by atoms with E-state index in [-0.39, 0.29) is 11.8 Å². The van der Waals surface area contributed by atoms with Crippen LogP contribution in [0.4, 0.5) is 0 Å². The zero-order chi connectivity index (χ0) is 19.0. The molecule has 27 heavy (non-hydrogen) atoms. The molecule has 0 saturated carbocycles. The first-order chi connectivity index (χ1) is 13.1. The summed E-state index contributed by atoms with van der Waals surface area (Å²) >= 11 is 7.86. The van der Waals surface area contributed by atoms with Gasteiger partial charge in [-0.05, 0) is 35.8 Å². The second kappa shape index (κ2) is 7.25. The minimum absolute atomic E-state index is 0.0391. The molecule has 4 nitrogen and oxygen atoms in total. The van der Waals surface area contributed by atoms with Gasteiger partial charge in [-0.15, -0.1) is 11.3 Å². The minimum Gasteiger partial charge on any atom is -0.333 e. The molecule has 0 N–H and O–H groups in total. The van der Waals surface area contributed by atoms with Gasteiger partial charge in [0.2, 0.25) is 5.91 Å². The molecule has 0 unspecified atom stereocenters. The molecular formula is C21H18ClN3OS. The molecule has 3 heterocycles. The largest absolute Gasteiger partial charge is 0.333 e. The summed E-state index contributed by atoms with van der Waals surface area (Å²) in [6.07, 6.45) is 4.78. The van der Waals surface area contributed by atoms with Gasteiger partial charge in [0, 0.05) is 34.8 Å². The van der Waals surface area contributed by atoms with Gasteiger partial charge in [0.05, 0.1) is 10.9 Å². The summed E-state index contributed by atoms with van der Waals surface area (Å²) in [6, 6.07) is 10.3. The van der Waals surface area contributed by atoms with Crippen molar-refractivity contribution < 1.29 is 4.79 Å². The Kier molecular flexibility index (Phi) is 4.81. The average Bonchev–Trinajstić information content (AvgIpc) is 3.07. The SMILES string of the molecule is C=CC(=O)N1Cc2sc(Cl)cc2[C@H](c2ccccc2-c2cncnc2C)C1. The molecule has 0 spiro atoms. The number of nitrogens with zero attached hydrogens (tertiary/aromatic N) is 3. The van der Waals surface area contributed by atoms with Gasteiger partial charge in [-0.3, -0.25) is 4.79 Å². The number of carbonyl (C=O) groups is 1. The van der Waals surface area contributed by atoms with Crippen LogP contribution < -0.4 is 0 Å². The maximum atomic E-state index is 12.3. The van der Waals surface area contributed by atoms with E-state index < -0.39 is 0 Å². The molecule has 1 aromatic carbocycles. The molecular weight excluding hydrogens is 378 g/mol. The Morgan fingerprint density at radius 1 is 1.33 bits per heavy atom. The molecule has 6 heteroatoms. The number of amides is 1. The predicted molar refractivity (Wildman–Crippen MR) is 109 cm³/mol. The van der Waals surface area contributed by atoms with Crippen molar-refractivity contribution in [3.8, 4) is 11.1 Å². The van der Waals surface area contributed by atoms with Gasteiger partial charge in [0.1, 0.15) is 6.33 Å². The van der Waals surface area contributed by atoms with E-state index in [1.165, 1.54) is 23.0 Å². The molecule has 0 radical (unpaired) electrons.